The fourth-order valence-electron chi connectivity index (χ4n) is 3.13. The van der Waals surface area contributed by atoms with Crippen LogP contribution in [0.4, 0.5) is 0 Å². The molecule has 0 aliphatic carbocycles. The number of nitrogens with zero attached hydrogens (tertiary/aromatic N) is 2. The molecular weight excluding hydrogens is 286 g/mol. The summed E-state index contributed by atoms with van der Waals surface area (Å²) < 4.78 is 29.6. The van der Waals surface area contributed by atoms with Crippen molar-refractivity contribution in [3.63, 3.8) is 0 Å². The molecule has 1 unspecified atom stereocenters. The monoisotopic (exact) mass is 307 g/mol. The summed E-state index contributed by atoms with van der Waals surface area (Å²) in [5.41, 5.74) is 7.66. The van der Waals surface area contributed by atoms with Crippen molar-refractivity contribution in [3.8, 4) is 0 Å². The zero-order chi connectivity index (χ0) is 15.2. The zero-order valence-corrected chi connectivity index (χ0v) is 13.2. The second-order valence-electron chi connectivity index (χ2n) is 5.76. The first-order valence-electron chi connectivity index (χ1n) is 7.22. The van der Waals surface area contributed by atoms with Gasteiger partial charge in [-0.05, 0) is 25.8 Å². The first kappa shape index (κ1) is 14.6. The molecule has 1 saturated heterocycles. The molecule has 114 valence electrons. The van der Waals surface area contributed by atoms with E-state index in [1.807, 2.05) is 42.8 Å². The van der Waals surface area contributed by atoms with Gasteiger partial charge in [0, 0.05) is 42.8 Å². The second-order valence-corrected chi connectivity index (χ2v) is 7.63. The van der Waals surface area contributed by atoms with E-state index in [1.54, 1.807) is 0 Å². The number of para-hydroxylation sites is 1. The molecule has 21 heavy (non-hydrogen) atoms. The van der Waals surface area contributed by atoms with Gasteiger partial charge in [0.25, 0.3) is 0 Å². The topological polar surface area (TPSA) is 68.3 Å². The van der Waals surface area contributed by atoms with Crippen LogP contribution in [0.5, 0.6) is 0 Å². The van der Waals surface area contributed by atoms with Gasteiger partial charge in [0.1, 0.15) is 4.90 Å². The van der Waals surface area contributed by atoms with Crippen LogP contribution in [0.1, 0.15) is 18.5 Å². The van der Waals surface area contributed by atoms with Crippen LogP contribution in [0, 0.1) is 6.92 Å². The SMILES string of the molecule is Cc1c(S(=O)(=O)N2CCCC(N)C2)c2ccccc2n1C. The lowest BCUT2D eigenvalue weighted by molar-refractivity contribution is 0.316. The molecule has 2 aromatic rings. The highest BCUT2D eigenvalue weighted by Gasteiger charge is 2.32. The number of hydrogen-bond donors (Lipinski definition) is 1. The van der Waals surface area contributed by atoms with Crippen molar-refractivity contribution < 1.29 is 8.42 Å². The van der Waals surface area contributed by atoms with Gasteiger partial charge >= 0.3 is 0 Å². The molecule has 0 spiro atoms. The Balaban J connectivity index is 2.17. The van der Waals surface area contributed by atoms with Crippen LogP contribution >= 0.6 is 0 Å². The third-order valence-corrected chi connectivity index (χ3v) is 6.40. The van der Waals surface area contributed by atoms with Crippen molar-refractivity contribution >= 4 is 20.9 Å². The van der Waals surface area contributed by atoms with E-state index in [4.69, 9.17) is 5.73 Å². The average Bonchev–Trinajstić information content (AvgIpc) is 2.72. The van der Waals surface area contributed by atoms with Gasteiger partial charge in [-0.1, -0.05) is 18.2 Å². The highest BCUT2D eigenvalue weighted by Crippen LogP contribution is 2.32. The molecule has 6 heteroatoms. The smallest absolute Gasteiger partial charge is 0.245 e. The van der Waals surface area contributed by atoms with Crippen LogP contribution in [0.15, 0.2) is 29.2 Å². The Morgan fingerprint density at radius 1 is 1.29 bits per heavy atom. The molecule has 0 saturated carbocycles. The molecule has 1 aliphatic heterocycles. The molecule has 0 radical (unpaired) electrons. The quantitative estimate of drug-likeness (QED) is 0.916. The Bertz CT molecular complexity index is 780. The highest BCUT2D eigenvalue weighted by molar-refractivity contribution is 7.89. The maximum Gasteiger partial charge on any atom is 0.245 e. The average molecular weight is 307 g/mol. The van der Waals surface area contributed by atoms with E-state index in [0.29, 0.717) is 18.0 Å². The fraction of sp³-hybridized carbons (Fsp3) is 0.467. The Morgan fingerprint density at radius 2 is 2.00 bits per heavy atom. The number of piperidine rings is 1. The summed E-state index contributed by atoms with van der Waals surface area (Å²) in [5.74, 6) is 0. The first-order chi connectivity index (χ1) is 9.93. The lowest BCUT2D eigenvalue weighted by Gasteiger charge is -2.30. The van der Waals surface area contributed by atoms with Crippen molar-refractivity contribution in [2.75, 3.05) is 13.1 Å². The number of aryl methyl sites for hydroxylation is 1. The normalized spacial score (nSPS) is 21.0. The molecule has 2 heterocycles. The lowest BCUT2D eigenvalue weighted by atomic mass is 10.1. The highest BCUT2D eigenvalue weighted by atomic mass is 32.2. The molecule has 3 rings (SSSR count). The van der Waals surface area contributed by atoms with E-state index in [1.165, 1.54) is 4.31 Å². The summed E-state index contributed by atoms with van der Waals surface area (Å²) in [7, 11) is -1.60. The number of benzene rings is 1. The van der Waals surface area contributed by atoms with Crippen molar-refractivity contribution in [1.82, 2.24) is 8.87 Å². The molecule has 1 fully saturated rings. The molecule has 1 atom stereocenters. The zero-order valence-electron chi connectivity index (χ0n) is 12.4. The van der Waals surface area contributed by atoms with Crippen molar-refractivity contribution in [1.29, 1.82) is 0 Å². The summed E-state index contributed by atoms with van der Waals surface area (Å²) in [4.78, 5) is 0.426. The van der Waals surface area contributed by atoms with Gasteiger partial charge in [0.15, 0.2) is 0 Å². The summed E-state index contributed by atoms with van der Waals surface area (Å²) in [6, 6.07) is 7.56. The largest absolute Gasteiger partial charge is 0.347 e. The van der Waals surface area contributed by atoms with Gasteiger partial charge in [-0.2, -0.15) is 4.31 Å². The Kier molecular flexibility index (Phi) is 3.55. The van der Waals surface area contributed by atoms with E-state index in [0.717, 1.165) is 29.4 Å². The number of aromatic nitrogens is 1. The molecule has 1 aromatic carbocycles. The standard InChI is InChI=1S/C15H21N3O2S/c1-11-15(13-7-3-4-8-14(13)17(11)2)21(19,20)18-9-5-6-12(16)10-18/h3-4,7-8,12H,5-6,9-10,16H2,1-2H3. The van der Waals surface area contributed by atoms with Crippen molar-refractivity contribution in [2.45, 2.75) is 30.7 Å². The minimum absolute atomic E-state index is 0.0659. The van der Waals surface area contributed by atoms with Crippen LogP contribution in [0.2, 0.25) is 0 Å². The Morgan fingerprint density at radius 3 is 2.71 bits per heavy atom. The van der Waals surface area contributed by atoms with Crippen LogP contribution in [-0.2, 0) is 17.1 Å². The predicted molar refractivity (Wildman–Crippen MR) is 83.6 cm³/mol. The van der Waals surface area contributed by atoms with E-state index >= 15 is 0 Å². The van der Waals surface area contributed by atoms with Crippen LogP contribution in [0.3, 0.4) is 0 Å². The van der Waals surface area contributed by atoms with Crippen molar-refractivity contribution in [3.05, 3.63) is 30.0 Å². The molecule has 1 aliphatic rings. The molecule has 2 N–H and O–H groups in total. The molecule has 0 amide bonds. The number of sulfonamides is 1. The first-order valence-corrected chi connectivity index (χ1v) is 8.66. The summed E-state index contributed by atoms with van der Waals surface area (Å²) in [5, 5.41) is 0.789. The Hall–Kier alpha value is -1.37. The van der Waals surface area contributed by atoms with Gasteiger partial charge in [-0.25, -0.2) is 8.42 Å². The number of nitrogens with two attached hydrogens (primary N) is 1. The maximum atomic E-state index is 13.0. The van der Waals surface area contributed by atoms with Crippen LogP contribution in [0.25, 0.3) is 10.9 Å². The van der Waals surface area contributed by atoms with E-state index in [2.05, 4.69) is 0 Å². The van der Waals surface area contributed by atoms with E-state index in [-0.39, 0.29) is 6.04 Å². The molecule has 5 nitrogen and oxygen atoms in total. The number of fused-ring (bicyclic) bond motifs is 1. The Labute approximate surface area is 125 Å². The number of rotatable bonds is 2. The van der Waals surface area contributed by atoms with Gasteiger partial charge in [-0.3, -0.25) is 0 Å². The molecular formula is C15H21N3O2S. The van der Waals surface area contributed by atoms with Crippen LogP contribution < -0.4 is 5.73 Å². The third-order valence-electron chi connectivity index (χ3n) is 4.36. The second kappa shape index (κ2) is 5.12. The van der Waals surface area contributed by atoms with Gasteiger partial charge < -0.3 is 10.3 Å². The van der Waals surface area contributed by atoms with Crippen LogP contribution in [-0.4, -0.2) is 36.4 Å². The van der Waals surface area contributed by atoms with Gasteiger partial charge in [0.2, 0.25) is 10.0 Å². The third kappa shape index (κ3) is 2.27. The lowest BCUT2D eigenvalue weighted by Crippen LogP contribution is -2.45. The van der Waals surface area contributed by atoms with E-state index in [9.17, 15) is 8.42 Å². The predicted octanol–water partition coefficient (Wildman–Crippen LogP) is 1.60. The van der Waals surface area contributed by atoms with Crippen molar-refractivity contribution in [2.24, 2.45) is 12.8 Å². The van der Waals surface area contributed by atoms with E-state index < -0.39 is 10.0 Å². The molecule has 1 aromatic heterocycles. The fourth-order valence-corrected chi connectivity index (χ4v) is 5.11. The summed E-state index contributed by atoms with van der Waals surface area (Å²) >= 11 is 0. The molecule has 0 bridgehead atoms. The maximum absolute atomic E-state index is 13.0. The summed E-state index contributed by atoms with van der Waals surface area (Å²) in [6.45, 7) is 2.82. The minimum atomic E-state index is -3.50. The minimum Gasteiger partial charge on any atom is -0.347 e. The van der Waals surface area contributed by atoms with Gasteiger partial charge in [-0.15, -0.1) is 0 Å². The number of hydrogen-bond acceptors (Lipinski definition) is 3. The van der Waals surface area contributed by atoms with Gasteiger partial charge in [0.05, 0.1) is 0 Å². The summed E-state index contributed by atoms with van der Waals surface area (Å²) in [6.07, 6.45) is 1.71.